The lowest BCUT2D eigenvalue weighted by atomic mass is 9.97. The summed E-state index contributed by atoms with van der Waals surface area (Å²) in [6.07, 6.45) is 0. The Morgan fingerprint density at radius 3 is 1.82 bits per heavy atom. The van der Waals surface area contributed by atoms with E-state index in [0.717, 1.165) is 39.0 Å². The lowest BCUT2D eigenvalue weighted by molar-refractivity contribution is 0.669. The van der Waals surface area contributed by atoms with Gasteiger partial charge in [-0.3, -0.25) is 0 Å². The van der Waals surface area contributed by atoms with Crippen molar-refractivity contribution in [1.82, 2.24) is 0 Å². The molecule has 2 heterocycles. The first kappa shape index (κ1) is 31.6. The van der Waals surface area contributed by atoms with Gasteiger partial charge in [0.05, 0.1) is 5.69 Å². The molecule has 55 heavy (non-hydrogen) atoms. The number of fused-ring (bicyclic) bond motifs is 7. The maximum absolute atomic E-state index is 6.61. The largest absolute Gasteiger partial charge is 0.454 e. The summed E-state index contributed by atoms with van der Waals surface area (Å²) in [4.78, 5) is 2.32. The average molecular weight is 720 g/mol. The summed E-state index contributed by atoms with van der Waals surface area (Å²) in [6.45, 7) is 0. The van der Waals surface area contributed by atoms with E-state index in [4.69, 9.17) is 4.42 Å². The van der Waals surface area contributed by atoms with Gasteiger partial charge >= 0.3 is 0 Å². The fraction of sp³-hybridized carbons (Fsp3) is 0. The molecule has 3 heteroatoms. The molecule has 0 amide bonds. The molecular formula is C52H33NOS. The summed E-state index contributed by atoms with van der Waals surface area (Å²) in [7, 11) is 0. The monoisotopic (exact) mass is 719 g/mol. The molecule has 2 aromatic heterocycles. The second-order valence-corrected chi connectivity index (χ2v) is 15.2. The predicted molar refractivity (Wildman–Crippen MR) is 235 cm³/mol. The standard InChI is InChI=1S/C52H33NOS/c1-2-11-37-33-40(23-22-34(37)10-1)39-13-7-12-38(32-39)35-24-28-41(29-25-35)53(48-19-9-17-46-44-14-3-5-20-49(44)54-51(46)48)42-30-26-36(27-31-42)43-16-8-18-47-45-15-4-6-21-50(45)55-52(43)47/h1-33H. The molecule has 9 aromatic carbocycles. The van der Waals surface area contributed by atoms with Gasteiger partial charge in [0.2, 0.25) is 0 Å². The molecule has 0 saturated heterocycles. The van der Waals surface area contributed by atoms with E-state index in [1.807, 2.05) is 23.5 Å². The van der Waals surface area contributed by atoms with E-state index in [1.54, 1.807) is 0 Å². The van der Waals surface area contributed by atoms with Crippen LogP contribution in [0.1, 0.15) is 0 Å². The zero-order chi connectivity index (χ0) is 36.3. The predicted octanol–water partition coefficient (Wildman–Crippen LogP) is 15.6. The maximum atomic E-state index is 6.61. The number of thiophene rings is 1. The highest BCUT2D eigenvalue weighted by atomic mass is 32.1. The van der Waals surface area contributed by atoms with Gasteiger partial charge in [-0.2, -0.15) is 0 Å². The lowest BCUT2D eigenvalue weighted by Gasteiger charge is -2.26. The minimum atomic E-state index is 0.870. The molecule has 0 aliphatic rings. The second kappa shape index (κ2) is 12.9. The number of rotatable bonds is 6. The molecule has 11 rings (SSSR count). The smallest absolute Gasteiger partial charge is 0.159 e. The third-order valence-electron chi connectivity index (χ3n) is 10.9. The van der Waals surface area contributed by atoms with Crippen LogP contribution in [-0.2, 0) is 0 Å². The van der Waals surface area contributed by atoms with E-state index >= 15 is 0 Å². The van der Waals surface area contributed by atoms with Crippen molar-refractivity contribution in [3.63, 3.8) is 0 Å². The normalized spacial score (nSPS) is 11.6. The number of benzene rings is 9. The van der Waals surface area contributed by atoms with Crippen LogP contribution in [0, 0.1) is 0 Å². The topological polar surface area (TPSA) is 16.4 Å². The minimum absolute atomic E-state index is 0.870. The summed E-state index contributed by atoms with van der Waals surface area (Å²) in [6, 6.07) is 72.1. The van der Waals surface area contributed by atoms with Crippen LogP contribution in [0.5, 0.6) is 0 Å². The fourth-order valence-corrected chi connectivity index (χ4v) is 9.39. The number of nitrogens with zero attached hydrogens (tertiary/aromatic N) is 1. The van der Waals surface area contributed by atoms with Gasteiger partial charge < -0.3 is 9.32 Å². The van der Waals surface area contributed by atoms with Crippen LogP contribution >= 0.6 is 11.3 Å². The molecule has 0 unspecified atom stereocenters. The summed E-state index contributed by atoms with van der Waals surface area (Å²) in [5.41, 5.74) is 12.1. The molecule has 0 fully saturated rings. The van der Waals surface area contributed by atoms with E-state index in [9.17, 15) is 0 Å². The molecule has 0 radical (unpaired) electrons. The molecular weight excluding hydrogens is 687 g/mol. The zero-order valence-corrected chi connectivity index (χ0v) is 30.6. The Labute approximate surface area is 322 Å². The van der Waals surface area contributed by atoms with E-state index < -0.39 is 0 Å². The van der Waals surface area contributed by atoms with Crippen molar-refractivity contribution in [2.45, 2.75) is 0 Å². The summed E-state index contributed by atoms with van der Waals surface area (Å²) >= 11 is 1.87. The number of hydrogen-bond donors (Lipinski definition) is 0. The van der Waals surface area contributed by atoms with Crippen LogP contribution in [0.15, 0.2) is 205 Å². The minimum Gasteiger partial charge on any atom is -0.454 e. The van der Waals surface area contributed by atoms with Crippen molar-refractivity contribution in [3.8, 4) is 33.4 Å². The first-order valence-electron chi connectivity index (χ1n) is 18.7. The number of furan rings is 1. The van der Waals surface area contributed by atoms with Crippen LogP contribution in [-0.4, -0.2) is 0 Å². The van der Waals surface area contributed by atoms with Gasteiger partial charge in [0.1, 0.15) is 5.58 Å². The van der Waals surface area contributed by atoms with Crippen molar-refractivity contribution in [1.29, 1.82) is 0 Å². The number of anilines is 3. The molecule has 2 nitrogen and oxygen atoms in total. The van der Waals surface area contributed by atoms with Gasteiger partial charge in [0.25, 0.3) is 0 Å². The Balaban J connectivity index is 1.01. The van der Waals surface area contributed by atoms with Crippen LogP contribution < -0.4 is 4.90 Å². The molecule has 0 saturated carbocycles. The molecule has 0 spiro atoms. The number of para-hydroxylation sites is 2. The van der Waals surface area contributed by atoms with Crippen LogP contribution in [0.3, 0.4) is 0 Å². The van der Waals surface area contributed by atoms with E-state index in [0.29, 0.717) is 0 Å². The summed E-state index contributed by atoms with van der Waals surface area (Å²) in [5, 5.41) is 7.35. The molecule has 258 valence electrons. The highest BCUT2D eigenvalue weighted by molar-refractivity contribution is 7.26. The first-order valence-corrected chi connectivity index (χ1v) is 19.5. The van der Waals surface area contributed by atoms with Crippen LogP contribution in [0.25, 0.3) is 86.3 Å². The van der Waals surface area contributed by atoms with Crippen molar-refractivity contribution in [3.05, 3.63) is 200 Å². The Morgan fingerprint density at radius 1 is 0.382 bits per heavy atom. The van der Waals surface area contributed by atoms with E-state index in [2.05, 4.69) is 193 Å². The SMILES string of the molecule is c1cc(-c2ccc(N(c3ccc(-c4cccc5c4sc4ccccc45)cc3)c3cccc4c3oc3ccccc34)cc2)cc(-c2ccc3ccccc3c2)c1. The van der Waals surface area contributed by atoms with Gasteiger partial charge in [-0.25, -0.2) is 0 Å². The highest BCUT2D eigenvalue weighted by Crippen LogP contribution is 2.44. The molecule has 0 aliphatic carbocycles. The quantitative estimate of drug-likeness (QED) is 0.170. The fourth-order valence-electron chi connectivity index (χ4n) is 8.15. The van der Waals surface area contributed by atoms with Gasteiger partial charge in [0.15, 0.2) is 5.58 Å². The maximum Gasteiger partial charge on any atom is 0.159 e. The molecule has 0 atom stereocenters. The van der Waals surface area contributed by atoms with E-state index in [1.165, 1.54) is 64.3 Å². The average Bonchev–Trinajstić information content (AvgIpc) is 3.84. The number of hydrogen-bond acceptors (Lipinski definition) is 3. The zero-order valence-electron chi connectivity index (χ0n) is 29.8. The Morgan fingerprint density at radius 2 is 0.982 bits per heavy atom. The van der Waals surface area contributed by atoms with Crippen molar-refractivity contribution < 1.29 is 4.42 Å². The van der Waals surface area contributed by atoms with Gasteiger partial charge in [-0.15, -0.1) is 11.3 Å². The van der Waals surface area contributed by atoms with Crippen molar-refractivity contribution in [2.24, 2.45) is 0 Å². The Bertz CT molecular complexity index is 3210. The first-order chi connectivity index (χ1) is 27.2. The molecule has 0 aliphatic heterocycles. The Kier molecular flexibility index (Phi) is 7.39. The van der Waals surface area contributed by atoms with E-state index in [-0.39, 0.29) is 0 Å². The van der Waals surface area contributed by atoms with Crippen LogP contribution in [0.4, 0.5) is 17.1 Å². The van der Waals surface area contributed by atoms with Gasteiger partial charge in [-0.05, 0) is 98.8 Å². The van der Waals surface area contributed by atoms with Gasteiger partial charge in [-0.1, -0.05) is 146 Å². The van der Waals surface area contributed by atoms with Gasteiger partial charge in [0, 0.05) is 42.3 Å². The van der Waals surface area contributed by atoms with Crippen molar-refractivity contribution in [2.75, 3.05) is 4.90 Å². The molecule has 11 aromatic rings. The third kappa shape index (κ3) is 5.40. The molecule has 0 bridgehead atoms. The summed E-state index contributed by atoms with van der Waals surface area (Å²) in [5.74, 6) is 0. The molecule has 0 N–H and O–H groups in total. The summed E-state index contributed by atoms with van der Waals surface area (Å²) < 4.78 is 9.25. The third-order valence-corrected chi connectivity index (χ3v) is 12.1. The highest BCUT2D eigenvalue weighted by Gasteiger charge is 2.20. The van der Waals surface area contributed by atoms with Crippen LogP contribution in [0.2, 0.25) is 0 Å². The second-order valence-electron chi connectivity index (χ2n) is 14.1. The Hall–Kier alpha value is -6.94. The lowest BCUT2D eigenvalue weighted by Crippen LogP contribution is -2.10. The van der Waals surface area contributed by atoms with Crippen molar-refractivity contribution >= 4 is 81.3 Å².